The fourth-order valence-corrected chi connectivity index (χ4v) is 5.04. The van der Waals surface area contributed by atoms with Gasteiger partial charge in [0.15, 0.2) is 0 Å². The number of aliphatic hydroxyl groups excluding tert-OH is 2. The first-order valence-electron chi connectivity index (χ1n) is 11.4. The second-order valence-corrected chi connectivity index (χ2v) is 9.30. The molecule has 0 aromatic heterocycles. The maximum atomic E-state index is 12.5. The summed E-state index contributed by atoms with van der Waals surface area (Å²) < 4.78 is 11.3. The third-order valence-electron chi connectivity index (χ3n) is 6.95. The van der Waals surface area contributed by atoms with Crippen molar-refractivity contribution in [1.82, 2.24) is 0 Å². The minimum Gasteiger partial charge on any atom is -0.462 e. The van der Waals surface area contributed by atoms with E-state index in [2.05, 4.69) is 19.1 Å². The summed E-state index contributed by atoms with van der Waals surface area (Å²) in [6, 6.07) is 0. The number of hydrogen-bond donors (Lipinski definition) is 2. The minimum absolute atomic E-state index is 0.0703. The van der Waals surface area contributed by atoms with Gasteiger partial charge in [-0.1, -0.05) is 39.0 Å². The second kappa shape index (κ2) is 10.1. The van der Waals surface area contributed by atoms with Crippen molar-refractivity contribution in [2.45, 2.75) is 90.1 Å². The Hall–Kier alpha value is -1.66. The average Bonchev–Trinajstić information content (AvgIpc) is 2.68. The molecule has 0 unspecified atom stereocenters. The number of cyclic esters (lactones) is 1. The zero-order valence-electron chi connectivity index (χ0n) is 18.3. The lowest BCUT2D eigenvalue weighted by atomic mass is 9.66. The Kier molecular flexibility index (Phi) is 7.75. The third kappa shape index (κ3) is 5.52. The number of hydrogen-bond acceptors (Lipinski definition) is 6. The van der Waals surface area contributed by atoms with Gasteiger partial charge in [0.05, 0.1) is 24.5 Å². The van der Waals surface area contributed by atoms with E-state index in [0.29, 0.717) is 18.8 Å². The first-order chi connectivity index (χ1) is 14.3. The van der Waals surface area contributed by atoms with Gasteiger partial charge in [-0.2, -0.15) is 0 Å². The summed E-state index contributed by atoms with van der Waals surface area (Å²) in [4.78, 5) is 24.1. The Bertz CT molecular complexity index is 683. The van der Waals surface area contributed by atoms with Gasteiger partial charge in [-0.05, 0) is 43.1 Å². The van der Waals surface area contributed by atoms with Crippen LogP contribution in [-0.4, -0.2) is 46.6 Å². The first-order valence-corrected chi connectivity index (χ1v) is 11.4. The molecule has 0 radical (unpaired) electrons. The molecule has 3 aliphatic rings. The van der Waals surface area contributed by atoms with Gasteiger partial charge in [0, 0.05) is 18.8 Å². The molecule has 0 bridgehead atoms. The van der Waals surface area contributed by atoms with E-state index < -0.39 is 12.2 Å². The van der Waals surface area contributed by atoms with Crippen LogP contribution in [0.1, 0.15) is 65.7 Å². The topological polar surface area (TPSA) is 93.1 Å². The van der Waals surface area contributed by atoms with Crippen LogP contribution in [0.4, 0.5) is 0 Å². The summed E-state index contributed by atoms with van der Waals surface area (Å²) in [7, 11) is 0. The molecule has 30 heavy (non-hydrogen) atoms. The fraction of sp³-hybridized carbons (Fsp3) is 0.750. The third-order valence-corrected chi connectivity index (χ3v) is 6.95. The maximum Gasteiger partial charge on any atom is 0.308 e. The van der Waals surface area contributed by atoms with Crippen LogP contribution in [0.2, 0.25) is 0 Å². The van der Waals surface area contributed by atoms with Crippen molar-refractivity contribution in [2.75, 3.05) is 0 Å². The van der Waals surface area contributed by atoms with Gasteiger partial charge in [0.2, 0.25) is 0 Å². The molecule has 2 N–H and O–H groups in total. The molecule has 3 rings (SSSR count). The van der Waals surface area contributed by atoms with Crippen molar-refractivity contribution in [3.8, 4) is 0 Å². The van der Waals surface area contributed by atoms with E-state index in [1.165, 1.54) is 0 Å². The number of ether oxygens (including phenoxy) is 2. The summed E-state index contributed by atoms with van der Waals surface area (Å²) in [5.41, 5.74) is 1.05. The zero-order valence-corrected chi connectivity index (χ0v) is 18.3. The Morgan fingerprint density at radius 1 is 1.30 bits per heavy atom. The van der Waals surface area contributed by atoms with E-state index in [1.807, 2.05) is 19.9 Å². The highest BCUT2D eigenvalue weighted by molar-refractivity contribution is 5.72. The standard InChI is InChI=1S/C24H36O6/c1-4-14(2)24(28)30-21-12-17(25)10-16-9-8-15(3)20(23(16)21)7-5-6-19-11-18(26)13-22(27)29-19/h8-10,14-15,17-21,23,25-26H,4-7,11-13H2,1-3H3/t14-,15-,17+,18+,19+,20-,21-,23-/m0/s1. The van der Waals surface area contributed by atoms with E-state index in [-0.39, 0.29) is 48.3 Å². The van der Waals surface area contributed by atoms with E-state index in [1.54, 1.807) is 0 Å². The summed E-state index contributed by atoms with van der Waals surface area (Å²) in [5.74, 6) is 0.00967. The van der Waals surface area contributed by atoms with Crippen molar-refractivity contribution >= 4 is 11.9 Å². The van der Waals surface area contributed by atoms with Crippen LogP contribution in [-0.2, 0) is 19.1 Å². The lowest BCUT2D eigenvalue weighted by Gasteiger charge is -2.43. The number of allylic oxidation sites excluding steroid dienone is 2. The van der Waals surface area contributed by atoms with E-state index in [9.17, 15) is 19.8 Å². The maximum absolute atomic E-state index is 12.5. The highest BCUT2D eigenvalue weighted by Crippen LogP contribution is 2.44. The second-order valence-electron chi connectivity index (χ2n) is 9.30. The van der Waals surface area contributed by atoms with Gasteiger partial charge in [-0.15, -0.1) is 0 Å². The SMILES string of the molecule is CC[C@H](C)C(=O)O[C@H]1C[C@H](O)C=C2C=C[C@H](C)[C@H](CCC[C@@H]3C[C@@H](O)CC(=O)O3)[C@H]21. The molecule has 1 saturated heterocycles. The predicted molar refractivity (Wildman–Crippen MR) is 112 cm³/mol. The molecular formula is C24H36O6. The normalized spacial score (nSPS) is 37.0. The molecule has 2 aliphatic carbocycles. The largest absolute Gasteiger partial charge is 0.462 e. The van der Waals surface area contributed by atoms with Gasteiger partial charge >= 0.3 is 11.9 Å². The number of aliphatic hydroxyl groups is 2. The zero-order chi connectivity index (χ0) is 21.8. The quantitative estimate of drug-likeness (QED) is 0.614. The van der Waals surface area contributed by atoms with Crippen LogP contribution >= 0.6 is 0 Å². The predicted octanol–water partition coefficient (Wildman–Crippen LogP) is 3.31. The molecule has 8 atom stereocenters. The summed E-state index contributed by atoms with van der Waals surface area (Å²) in [6.07, 6.45) is 8.62. The molecule has 1 fully saturated rings. The van der Waals surface area contributed by atoms with Gasteiger partial charge in [-0.25, -0.2) is 0 Å². The number of carbonyl (C=O) groups excluding carboxylic acids is 2. The molecular weight excluding hydrogens is 384 g/mol. The Morgan fingerprint density at radius 2 is 2.07 bits per heavy atom. The minimum atomic E-state index is -0.605. The van der Waals surface area contributed by atoms with Crippen molar-refractivity contribution in [3.05, 3.63) is 23.8 Å². The molecule has 0 amide bonds. The van der Waals surface area contributed by atoms with Gasteiger partial charge < -0.3 is 19.7 Å². The molecule has 0 aromatic rings. The van der Waals surface area contributed by atoms with Crippen LogP contribution in [0, 0.1) is 23.7 Å². The van der Waals surface area contributed by atoms with E-state index in [4.69, 9.17) is 9.47 Å². The van der Waals surface area contributed by atoms with Gasteiger partial charge in [0.25, 0.3) is 0 Å². The summed E-state index contributed by atoms with van der Waals surface area (Å²) in [6.45, 7) is 6.02. The van der Waals surface area contributed by atoms with Crippen LogP contribution < -0.4 is 0 Å². The van der Waals surface area contributed by atoms with Crippen molar-refractivity contribution in [1.29, 1.82) is 0 Å². The van der Waals surface area contributed by atoms with Crippen LogP contribution in [0.3, 0.4) is 0 Å². The molecule has 6 heteroatoms. The van der Waals surface area contributed by atoms with Crippen LogP contribution in [0.25, 0.3) is 0 Å². The fourth-order valence-electron chi connectivity index (χ4n) is 5.04. The van der Waals surface area contributed by atoms with E-state index >= 15 is 0 Å². The van der Waals surface area contributed by atoms with Crippen molar-refractivity contribution in [3.63, 3.8) is 0 Å². The van der Waals surface area contributed by atoms with Crippen LogP contribution in [0.5, 0.6) is 0 Å². The Labute approximate surface area is 179 Å². The lowest BCUT2D eigenvalue weighted by Crippen LogP contribution is -2.43. The first kappa shape index (κ1) is 23.0. The Balaban J connectivity index is 1.67. The number of esters is 2. The Morgan fingerprint density at radius 3 is 2.77 bits per heavy atom. The molecule has 0 aromatic carbocycles. The lowest BCUT2D eigenvalue weighted by molar-refractivity contribution is -0.160. The molecule has 1 aliphatic heterocycles. The summed E-state index contributed by atoms with van der Waals surface area (Å²) >= 11 is 0. The molecule has 0 saturated carbocycles. The van der Waals surface area contributed by atoms with Crippen molar-refractivity contribution in [2.24, 2.45) is 23.7 Å². The van der Waals surface area contributed by atoms with Gasteiger partial charge in [0.1, 0.15) is 12.2 Å². The summed E-state index contributed by atoms with van der Waals surface area (Å²) in [5, 5.41) is 20.1. The highest BCUT2D eigenvalue weighted by atomic mass is 16.6. The van der Waals surface area contributed by atoms with Crippen LogP contribution in [0.15, 0.2) is 23.8 Å². The molecule has 1 heterocycles. The monoisotopic (exact) mass is 420 g/mol. The van der Waals surface area contributed by atoms with Crippen molar-refractivity contribution < 1.29 is 29.3 Å². The average molecular weight is 421 g/mol. The van der Waals surface area contributed by atoms with Gasteiger partial charge in [-0.3, -0.25) is 9.59 Å². The van der Waals surface area contributed by atoms with E-state index in [0.717, 1.165) is 31.3 Å². The molecule has 168 valence electrons. The highest BCUT2D eigenvalue weighted by Gasteiger charge is 2.42. The number of rotatable bonds is 7. The smallest absolute Gasteiger partial charge is 0.308 e. The number of fused-ring (bicyclic) bond motifs is 1. The molecule has 0 spiro atoms. The molecule has 6 nitrogen and oxygen atoms in total. The number of carbonyl (C=O) groups is 2.